The van der Waals surface area contributed by atoms with Crippen molar-refractivity contribution < 1.29 is 9.59 Å². The molecule has 2 N–H and O–H groups in total. The molecule has 3 heterocycles. The van der Waals surface area contributed by atoms with Gasteiger partial charge in [0.15, 0.2) is 11.5 Å². The van der Waals surface area contributed by atoms with Crippen LogP contribution in [0, 0.1) is 5.92 Å². The summed E-state index contributed by atoms with van der Waals surface area (Å²) in [6.45, 7) is 4.10. The van der Waals surface area contributed by atoms with Gasteiger partial charge in [0, 0.05) is 18.3 Å². The summed E-state index contributed by atoms with van der Waals surface area (Å²) in [6, 6.07) is 13.2. The van der Waals surface area contributed by atoms with E-state index in [-0.39, 0.29) is 29.7 Å². The quantitative estimate of drug-likeness (QED) is 0.646. The number of aromatic nitrogens is 3. The van der Waals surface area contributed by atoms with Crippen molar-refractivity contribution in [2.24, 2.45) is 5.92 Å². The van der Waals surface area contributed by atoms with Crippen LogP contribution in [0.25, 0.3) is 5.65 Å². The SMILES string of the molecule is CC(C)[C@H](NC(=O)CCC[C@H]1C(=O)Nc2ccccc21)c1nnc2ccccn12. The van der Waals surface area contributed by atoms with Gasteiger partial charge in [-0.2, -0.15) is 0 Å². The number of hydrogen-bond donors (Lipinski definition) is 2. The minimum absolute atomic E-state index is 0.0154. The molecule has 0 unspecified atom stereocenters. The fraction of sp³-hybridized carbons (Fsp3) is 0.364. The van der Waals surface area contributed by atoms with Gasteiger partial charge in [0.05, 0.1) is 12.0 Å². The highest BCUT2D eigenvalue weighted by atomic mass is 16.2. The Morgan fingerprint density at radius 1 is 1.17 bits per heavy atom. The van der Waals surface area contributed by atoms with Gasteiger partial charge >= 0.3 is 0 Å². The van der Waals surface area contributed by atoms with Crippen LogP contribution in [0.1, 0.15) is 56.5 Å². The standard InChI is InChI=1S/C22H25N5O2/c1-14(2)20(21-26-25-18-11-5-6-13-27(18)21)24-19(28)12-7-9-16-15-8-3-4-10-17(15)23-22(16)29/h3-6,8,10-11,13-14,16,20H,7,9,12H2,1-2H3,(H,23,29)(H,24,28)/t16-,20+/m1/s1. The Kier molecular flexibility index (Phi) is 5.29. The minimum Gasteiger partial charge on any atom is -0.346 e. The number of para-hydroxylation sites is 1. The average Bonchev–Trinajstić information content (AvgIpc) is 3.27. The maximum atomic E-state index is 12.6. The van der Waals surface area contributed by atoms with Crippen LogP contribution in [0.4, 0.5) is 5.69 Å². The molecule has 1 aromatic carbocycles. The van der Waals surface area contributed by atoms with Gasteiger partial charge in [0.25, 0.3) is 0 Å². The maximum absolute atomic E-state index is 12.6. The minimum atomic E-state index is -0.226. The van der Waals surface area contributed by atoms with E-state index >= 15 is 0 Å². The Morgan fingerprint density at radius 2 is 1.97 bits per heavy atom. The lowest BCUT2D eigenvalue weighted by Gasteiger charge is -2.21. The number of anilines is 1. The van der Waals surface area contributed by atoms with Crippen molar-refractivity contribution in [3.63, 3.8) is 0 Å². The molecular formula is C22H25N5O2. The third-order valence-corrected chi connectivity index (χ3v) is 5.41. The Balaban J connectivity index is 1.38. The molecule has 7 nitrogen and oxygen atoms in total. The van der Waals surface area contributed by atoms with Crippen molar-refractivity contribution in [1.82, 2.24) is 19.9 Å². The number of hydrogen-bond acceptors (Lipinski definition) is 4. The number of carbonyl (C=O) groups is 2. The van der Waals surface area contributed by atoms with E-state index in [4.69, 9.17) is 0 Å². The van der Waals surface area contributed by atoms with E-state index in [0.717, 1.165) is 22.7 Å². The van der Waals surface area contributed by atoms with Gasteiger partial charge in [-0.05, 0) is 42.5 Å². The second-order valence-corrected chi connectivity index (χ2v) is 7.80. The average molecular weight is 391 g/mol. The Morgan fingerprint density at radius 3 is 2.79 bits per heavy atom. The van der Waals surface area contributed by atoms with E-state index in [1.807, 2.05) is 53.1 Å². The van der Waals surface area contributed by atoms with Crippen LogP contribution >= 0.6 is 0 Å². The highest BCUT2D eigenvalue weighted by Gasteiger charge is 2.30. The molecule has 0 bridgehead atoms. The summed E-state index contributed by atoms with van der Waals surface area (Å²) in [4.78, 5) is 24.8. The van der Waals surface area contributed by atoms with E-state index in [1.54, 1.807) is 0 Å². The van der Waals surface area contributed by atoms with Crippen LogP contribution in [0.5, 0.6) is 0 Å². The van der Waals surface area contributed by atoms with Gasteiger partial charge in [0.2, 0.25) is 11.8 Å². The Hall–Kier alpha value is -3.22. The monoisotopic (exact) mass is 391 g/mol. The van der Waals surface area contributed by atoms with Gasteiger partial charge in [-0.25, -0.2) is 0 Å². The molecule has 2 amide bonds. The van der Waals surface area contributed by atoms with Crippen LogP contribution in [0.15, 0.2) is 48.7 Å². The van der Waals surface area contributed by atoms with Crippen molar-refractivity contribution in [3.05, 3.63) is 60.0 Å². The first-order valence-electron chi connectivity index (χ1n) is 10.0. The maximum Gasteiger partial charge on any atom is 0.232 e. The van der Waals surface area contributed by atoms with Crippen molar-refractivity contribution in [1.29, 1.82) is 0 Å². The lowest BCUT2D eigenvalue weighted by atomic mass is 9.94. The molecule has 0 saturated carbocycles. The highest BCUT2D eigenvalue weighted by molar-refractivity contribution is 6.02. The molecule has 4 rings (SSSR count). The van der Waals surface area contributed by atoms with Crippen LogP contribution in [0.3, 0.4) is 0 Å². The van der Waals surface area contributed by atoms with Crippen LogP contribution in [-0.4, -0.2) is 26.4 Å². The van der Waals surface area contributed by atoms with Crippen molar-refractivity contribution in [2.75, 3.05) is 5.32 Å². The molecule has 3 aromatic rings. The summed E-state index contributed by atoms with van der Waals surface area (Å²) in [5.41, 5.74) is 2.66. The first-order valence-corrected chi connectivity index (χ1v) is 10.0. The first kappa shape index (κ1) is 19.1. The molecule has 2 aromatic heterocycles. The molecule has 0 fully saturated rings. The van der Waals surface area contributed by atoms with Crippen molar-refractivity contribution in [3.8, 4) is 0 Å². The number of pyridine rings is 1. The zero-order valence-electron chi connectivity index (χ0n) is 16.6. The van der Waals surface area contributed by atoms with Gasteiger partial charge in [-0.15, -0.1) is 10.2 Å². The summed E-state index contributed by atoms with van der Waals surface area (Å²) < 4.78 is 1.91. The molecule has 1 aliphatic rings. The predicted octanol–water partition coefficient (Wildman–Crippen LogP) is 3.45. The third kappa shape index (κ3) is 3.85. The number of nitrogens with zero attached hydrogens (tertiary/aromatic N) is 3. The third-order valence-electron chi connectivity index (χ3n) is 5.41. The number of benzene rings is 1. The predicted molar refractivity (Wildman–Crippen MR) is 110 cm³/mol. The first-order chi connectivity index (χ1) is 14.0. The molecule has 0 aliphatic carbocycles. The van der Waals surface area contributed by atoms with Gasteiger partial charge in [-0.1, -0.05) is 38.1 Å². The van der Waals surface area contributed by atoms with E-state index in [1.165, 1.54) is 0 Å². The molecule has 0 spiro atoms. The van der Waals surface area contributed by atoms with E-state index < -0.39 is 0 Å². The summed E-state index contributed by atoms with van der Waals surface area (Å²) in [5.74, 6) is 0.692. The number of rotatable bonds is 7. The van der Waals surface area contributed by atoms with E-state index in [2.05, 4.69) is 34.7 Å². The van der Waals surface area contributed by atoms with E-state index in [0.29, 0.717) is 19.3 Å². The normalized spacial score (nSPS) is 16.7. The molecule has 2 atom stereocenters. The Labute approximate surface area is 169 Å². The number of carbonyl (C=O) groups excluding carboxylic acids is 2. The molecule has 1 aliphatic heterocycles. The summed E-state index contributed by atoms with van der Waals surface area (Å²) >= 11 is 0. The second kappa shape index (κ2) is 8.03. The van der Waals surface area contributed by atoms with Gasteiger partial charge in [0.1, 0.15) is 0 Å². The lowest BCUT2D eigenvalue weighted by Crippen LogP contribution is -2.33. The van der Waals surface area contributed by atoms with Crippen LogP contribution in [0.2, 0.25) is 0 Å². The lowest BCUT2D eigenvalue weighted by molar-refractivity contribution is -0.123. The fourth-order valence-electron chi connectivity index (χ4n) is 3.88. The highest BCUT2D eigenvalue weighted by Crippen LogP contribution is 2.35. The molecule has 29 heavy (non-hydrogen) atoms. The molecule has 0 saturated heterocycles. The van der Waals surface area contributed by atoms with Gasteiger partial charge < -0.3 is 10.6 Å². The Bertz CT molecular complexity index is 1040. The van der Waals surface area contributed by atoms with Crippen molar-refractivity contribution in [2.45, 2.75) is 45.1 Å². The number of fused-ring (bicyclic) bond motifs is 2. The molecule has 7 heteroatoms. The summed E-state index contributed by atoms with van der Waals surface area (Å²) in [5, 5.41) is 14.5. The summed E-state index contributed by atoms with van der Waals surface area (Å²) in [6.07, 6.45) is 3.56. The largest absolute Gasteiger partial charge is 0.346 e. The van der Waals surface area contributed by atoms with Crippen LogP contribution < -0.4 is 10.6 Å². The topological polar surface area (TPSA) is 88.4 Å². The van der Waals surface area contributed by atoms with Crippen LogP contribution in [-0.2, 0) is 9.59 Å². The molecular weight excluding hydrogens is 366 g/mol. The smallest absolute Gasteiger partial charge is 0.232 e. The second-order valence-electron chi connectivity index (χ2n) is 7.80. The zero-order valence-corrected chi connectivity index (χ0v) is 16.6. The molecule has 150 valence electrons. The summed E-state index contributed by atoms with van der Waals surface area (Å²) in [7, 11) is 0. The number of amides is 2. The van der Waals surface area contributed by atoms with Gasteiger partial charge in [-0.3, -0.25) is 14.0 Å². The van der Waals surface area contributed by atoms with E-state index in [9.17, 15) is 9.59 Å². The van der Waals surface area contributed by atoms with Crippen molar-refractivity contribution >= 4 is 23.1 Å². The number of nitrogens with one attached hydrogen (secondary N) is 2. The fourth-order valence-corrected chi connectivity index (χ4v) is 3.88. The zero-order chi connectivity index (χ0) is 20.4. The molecule has 0 radical (unpaired) electrons.